The Kier molecular flexibility index (Phi) is 7.62. The quantitative estimate of drug-likeness (QED) is 0.324. The summed E-state index contributed by atoms with van der Waals surface area (Å²) in [5, 5.41) is 10.7. The smallest absolute Gasteiger partial charge is 0.306 e. The van der Waals surface area contributed by atoms with Gasteiger partial charge in [0.2, 0.25) is 0 Å². The Morgan fingerprint density at radius 3 is 2.68 bits per heavy atom. The van der Waals surface area contributed by atoms with Crippen LogP contribution in [0.15, 0.2) is 12.2 Å². The Morgan fingerprint density at radius 2 is 1.94 bits per heavy atom. The Hall–Kier alpha value is -1.24. The molecule has 6 nitrogen and oxygen atoms in total. The van der Waals surface area contributed by atoms with Gasteiger partial charge in [-0.3, -0.25) is 9.59 Å². The first kappa shape index (κ1) is 25.8. The van der Waals surface area contributed by atoms with Crippen LogP contribution in [0, 0.1) is 23.7 Å². The van der Waals surface area contributed by atoms with Gasteiger partial charge in [-0.1, -0.05) is 46.1 Å². The summed E-state index contributed by atoms with van der Waals surface area (Å²) in [4.78, 5) is 26.4. The number of esters is 1. The van der Waals surface area contributed by atoms with E-state index in [4.69, 9.17) is 14.2 Å². The van der Waals surface area contributed by atoms with Gasteiger partial charge in [-0.25, -0.2) is 0 Å². The van der Waals surface area contributed by atoms with Crippen LogP contribution in [0.3, 0.4) is 0 Å². The first-order chi connectivity index (χ1) is 16.1. The number of ketones is 1. The maximum absolute atomic E-state index is 13.4. The van der Waals surface area contributed by atoms with Crippen LogP contribution in [0.4, 0.5) is 0 Å². The highest BCUT2D eigenvalue weighted by atomic mass is 16.6. The SMILES string of the molecule is C=C1C[C@@H]2O[C@H]3C4C2[C@@](C)(OC(=O)CCCCCCC)CC[C@H]4C(C)CO[C@@]3(C)C(=O)CC1O. The van der Waals surface area contributed by atoms with E-state index in [0.717, 1.165) is 32.1 Å². The monoisotopic (exact) mass is 476 g/mol. The highest BCUT2D eigenvalue weighted by Gasteiger charge is 2.66. The van der Waals surface area contributed by atoms with E-state index in [9.17, 15) is 14.7 Å². The number of aliphatic hydroxyl groups excluding tert-OH is 1. The lowest BCUT2D eigenvalue weighted by Gasteiger charge is -2.49. The summed E-state index contributed by atoms with van der Waals surface area (Å²) < 4.78 is 19.3. The van der Waals surface area contributed by atoms with E-state index >= 15 is 0 Å². The molecule has 0 aromatic carbocycles. The van der Waals surface area contributed by atoms with Crippen molar-refractivity contribution >= 4 is 11.8 Å². The van der Waals surface area contributed by atoms with Crippen LogP contribution < -0.4 is 0 Å². The molecule has 0 amide bonds. The Balaban J connectivity index is 1.62. The average Bonchev–Trinajstić information content (AvgIpc) is 3.14. The fourth-order valence-electron chi connectivity index (χ4n) is 7.21. The first-order valence-electron chi connectivity index (χ1n) is 13.5. The predicted molar refractivity (Wildman–Crippen MR) is 129 cm³/mol. The zero-order valence-electron chi connectivity index (χ0n) is 21.5. The molecule has 4 fully saturated rings. The van der Waals surface area contributed by atoms with Crippen molar-refractivity contribution in [3.8, 4) is 0 Å². The van der Waals surface area contributed by atoms with E-state index in [-0.39, 0.29) is 42.0 Å². The van der Waals surface area contributed by atoms with Gasteiger partial charge in [-0.05, 0) is 56.9 Å². The second-order valence-corrected chi connectivity index (χ2v) is 11.8. The van der Waals surface area contributed by atoms with Gasteiger partial charge in [0.15, 0.2) is 5.78 Å². The number of Topliss-reactive ketones (excluding diaryl/α,β-unsaturated/α-hetero) is 1. The molecule has 6 heteroatoms. The summed E-state index contributed by atoms with van der Waals surface area (Å²) in [5.41, 5.74) is -1.17. The zero-order valence-corrected chi connectivity index (χ0v) is 21.5. The number of hydrogen-bond acceptors (Lipinski definition) is 6. The van der Waals surface area contributed by atoms with Crippen LogP contribution in [-0.2, 0) is 23.8 Å². The summed E-state index contributed by atoms with van der Waals surface area (Å²) >= 11 is 0. The Bertz CT molecular complexity index is 794. The van der Waals surface area contributed by atoms with Gasteiger partial charge in [0.25, 0.3) is 0 Å². The van der Waals surface area contributed by atoms with Crippen molar-refractivity contribution in [3.63, 3.8) is 0 Å². The molecule has 192 valence electrons. The summed E-state index contributed by atoms with van der Waals surface area (Å²) in [6, 6.07) is 0. The van der Waals surface area contributed by atoms with Crippen molar-refractivity contribution < 1.29 is 28.9 Å². The van der Waals surface area contributed by atoms with E-state index < -0.39 is 23.4 Å². The summed E-state index contributed by atoms with van der Waals surface area (Å²) in [5.74, 6) is 0.362. The second kappa shape index (κ2) is 10.0. The highest BCUT2D eigenvalue weighted by Crippen LogP contribution is 2.59. The molecule has 0 aromatic heterocycles. The zero-order chi connectivity index (χ0) is 24.7. The number of fused-ring (bicyclic) bond motifs is 2. The fraction of sp³-hybridized carbons (Fsp3) is 0.857. The number of ether oxygens (including phenoxy) is 3. The molecule has 0 radical (unpaired) electrons. The van der Waals surface area contributed by atoms with E-state index in [1.807, 2.05) is 6.92 Å². The molecule has 4 rings (SSSR count). The number of carbonyl (C=O) groups excluding carboxylic acids is 2. The minimum atomic E-state index is -1.12. The van der Waals surface area contributed by atoms with Crippen LogP contribution >= 0.6 is 0 Å². The summed E-state index contributed by atoms with van der Waals surface area (Å²) in [6.07, 6.45) is 6.46. The fourth-order valence-corrected chi connectivity index (χ4v) is 7.21. The summed E-state index contributed by atoms with van der Waals surface area (Å²) in [7, 11) is 0. The lowest BCUT2D eigenvalue weighted by molar-refractivity contribution is -0.176. The van der Waals surface area contributed by atoms with E-state index in [2.05, 4.69) is 27.4 Å². The molecule has 0 spiro atoms. The van der Waals surface area contributed by atoms with Crippen LogP contribution in [0.5, 0.6) is 0 Å². The van der Waals surface area contributed by atoms with Crippen molar-refractivity contribution in [2.45, 2.75) is 121 Å². The molecule has 0 aromatic rings. The van der Waals surface area contributed by atoms with Gasteiger partial charge in [0.1, 0.15) is 11.2 Å². The van der Waals surface area contributed by atoms with Gasteiger partial charge in [0.05, 0.1) is 24.9 Å². The number of carbonyl (C=O) groups is 2. The molecule has 2 bridgehead atoms. The third-order valence-electron chi connectivity index (χ3n) is 9.28. The third kappa shape index (κ3) is 4.62. The molecule has 3 aliphatic heterocycles. The van der Waals surface area contributed by atoms with Crippen LogP contribution in [0.1, 0.15) is 91.9 Å². The van der Waals surface area contributed by atoms with Gasteiger partial charge in [-0.15, -0.1) is 0 Å². The molecular formula is C28H44O6. The standard InChI is InChI=1S/C28H44O6/c1-6-7-8-9-10-11-23(31)34-27(4)13-12-19-18(3)16-32-28(5)22(30)15-20(29)17(2)14-21-25(27)24(19)26(28)33-21/h18-21,24-26,29H,2,6-16H2,1,3-5H3/t18?,19-,20?,21-,24?,25?,26-,27-,28-/m0/s1. The van der Waals surface area contributed by atoms with Crippen LogP contribution in [0.2, 0.25) is 0 Å². The average molecular weight is 477 g/mol. The van der Waals surface area contributed by atoms with Gasteiger partial charge in [0, 0.05) is 24.7 Å². The normalized spacial score (nSPS) is 44.1. The molecule has 4 aliphatic rings. The summed E-state index contributed by atoms with van der Waals surface area (Å²) in [6.45, 7) is 12.9. The minimum absolute atomic E-state index is 0.00261. The lowest BCUT2D eigenvalue weighted by Crippen LogP contribution is -2.56. The molecule has 9 atom stereocenters. The van der Waals surface area contributed by atoms with E-state index in [1.165, 1.54) is 12.8 Å². The first-order valence-corrected chi connectivity index (χ1v) is 13.5. The van der Waals surface area contributed by atoms with Crippen LogP contribution in [0.25, 0.3) is 0 Å². The molecular weight excluding hydrogens is 432 g/mol. The molecule has 4 unspecified atom stereocenters. The van der Waals surface area contributed by atoms with Crippen molar-refractivity contribution in [1.29, 1.82) is 0 Å². The topological polar surface area (TPSA) is 82.1 Å². The van der Waals surface area contributed by atoms with Gasteiger partial charge < -0.3 is 19.3 Å². The molecule has 3 heterocycles. The van der Waals surface area contributed by atoms with Crippen molar-refractivity contribution in [1.82, 2.24) is 0 Å². The largest absolute Gasteiger partial charge is 0.459 e. The maximum Gasteiger partial charge on any atom is 0.306 e. The van der Waals surface area contributed by atoms with Gasteiger partial charge >= 0.3 is 5.97 Å². The van der Waals surface area contributed by atoms with Gasteiger partial charge in [-0.2, -0.15) is 0 Å². The lowest BCUT2D eigenvalue weighted by atomic mass is 9.58. The number of unbranched alkanes of at least 4 members (excludes halogenated alkanes) is 4. The van der Waals surface area contributed by atoms with Crippen molar-refractivity contribution in [2.75, 3.05) is 6.61 Å². The number of aliphatic hydroxyl groups is 1. The van der Waals surface area contributed by atoms with Crippen molar-refractivity contribution in [3.05, 3.63) is 12.2 Å². The van der Waals surface area contributed by atoms with E-state index in [1.54, 1.807) is 0 Å². The maximum atomic E-state index is 13.4. The number of hydrogen-bond donors (Lipinski definition) is 1. The van der Waals surface area contributed by atoms with Crippen LogP contribution in [-0.4, -0.2) is 53.0 Å². The number of rotatable bonds is 7. The molecule has 34 heavy (non-hydrogen) atoms. The molecule has 1 N–H and O–H groups in total. The van der Waals surface area contributed by atoms with Crippen molar-refractivity contribution in [2.24, 2.45) is 23.7 Å². The predicted octanol–water partition coefficient (Wildman–Crippen LogP) is 4.76. The minimum Gasteiger partial charge on any atom is -0.459 e. The molecule has 1 aliphatic carbocycles. The second-order valence-electron chi connectivity index (χ2n) is 11.8. The highest BCUT2D eigenvalue weighted by molar-refractivity contribution is 5.88. The Morgan fingerprint density at radius 1 is 1.21 bits per heavy atom. The molecule has 1 saturated carbocycles. The Labute approximate surface area is 204 Å². The van der Waals surface area contributed by atoms with E-state index in [0.29, 0.717) is 30.9 Å². The third-order valence-corrected chi connectivity index (χ3v) is 9.28. The molecule has 3 saturated heterocycles.